The first-order chi connectivity index (χ1) is 37.3. The zero-order valence-corrected chi connectivity index (χ0v) is 45.4. The molecule has 2 bridgehead atoms. The Bertz CT molecular complexity index is 2840. The molecular formula is C48H64N11O18PS. The molecule has 1 unspecified atom stereocenters. The lowest BCUT2D eigenvalue weighted by atomic mass is 9.96. The van der Waals surface area contributed by atoms with Crippen LogP contribution < -0.4 is 47.1 Å². The Balaban J connectivity index is 1.54. The Morgan fingerprint density at radius 1 is 0.810 bits per heavy atom. The van der Waals surface area contributed by atoms with Gasteiger partial charge in [-0.25, -0.2) is 4.57 Å². The van der Waals surface area contributed by atoms with Gasteiger partial charge >= 0.3 is 13.8 Å². The van der Waals surface area contributed by atoms with Crippen LogP contribution in [0.25, 0.3) is 10.9 Å². The molecule has 4 aliphatic rings. The van der Waals surface area contributed by atoms with Gasteiger partial charge in [0.1, 0.15) is 36.3 Å². The van der Waals surface area contributed by atoms with E-state index in [1.165, 1.54) is 6.07 Å². The van der Waals surface area contributed by atoms with Crippen LogP contribution in [-0.2, 0) is 73.3 Å². The lowest BCUT2D eigenvalue weighted by Crippen LogP contribution is -2.61. The minimum Gasteiger partial charge on any atom is -0.469 e. The molecule has 29 nitrogen and oxygen atoms in total. The summed E-state index contributed by atoms with van der Waals surface area (Å²) in [6, 6.07) is -7.04. The summed E-state index contributed by atoms with van der Waals surface area (Å²) in [4.78, 5) is 189. The largest absolute Gasteiger partial charge is 0.524 e. The molecule has 11 amide bonds. The molecule has 2 aromatic rings. The van der Waals surface area contributed by atoms with Crippen LogP contribution in [0, 0.1) is 11.8 Å². The van der Waals surface area contributed by atoms with E-state index in [1.54, 1.807) is 27.7 Å². The van der Waals surface area contributed by atoms with Crippen molar-refractivity contribution in [1.82, 2.24) is 52.0 Å². The number of carbonyl (C=O) groups excluding carboxylic acids is 12. The SMILES string of the molecule is CC[C@H](C)[C@@H]1NC(=O)CNC(=O)[C@@H]2Cc3c([nH]c4cc(OP(=O)(O)O)c(NC(=O)CCCN5C(=O)C=CC5=O)cc34)SC[C@H](NC(=O)CNC1=O)C(=O)NC(CC(=O)OC)C(=O)N1C[C@H](O)C[C@H]1C(=O)N[C@@H]([C@@H](C)CC)C(=O)N2. The van der Waals surface area contributed by atoms with Gasteiger partial charge in [0.25, 0.3) is 11.8 Å². The summed E-state index contributed by atoms with van der Waals surface area (Å²) in [5.41, 5.74) is -0.219. The third-order valence-corrected chi connectivity index (χ3v) is 15.3. The normalized spacial score (nSPS) is 24.9. The van der Waals surface area contributed by atoms with E-state index in [9.17, 15) is 77.0 Å². The van der Waals surface area contributed by atoms with Crippen molar-refractivity contribution in [1.29, 1.82) is 0 Å². The van der Waals surface area contributed by atoms with Crippen LogP contribution in [0.15, 0.2) is 29.3 Å². The van der Waals surface area contributed by atoms with Crippen molar-refractivity contribution in [3.63, 3.8) is 0 Å². The first kappa shape index (κ1) is 60.8. The number of aromatic nitrogens is 1. The highest BCUT2D eigenvalue weighted by atomic mass is 32.2. The number of esters is 1. The van der Waals surface area contributed by atoms with Crippen LogP contribution >= 0.6 is 19.6 Å². The summed E-state index contributed by atoms with van der Waals surface area (Å²) in [5.74, 6) is -12.8. The number of carbonyl (C=O) groups is 12. The number of anilines is 1. The summed E-state index contributed by atoms with van der Waals surface area (Å²) in [6.07, 6.45) is -0.605. The second-order valence-corrected chi connectivity index (χ2v) is 21.6. The molecule has 1 fully saturated rings. The number of aliphatic hydroxyl groups is 1. The van der Waals surface area contributed by atoms with Crippen LogP contribution in [0.3, 0.4) is 0 Å². The standard InChI is InChI=1S/C48H64N11O18PS/c1-6-22(3)40-45(70)50-18-35(62)52-31-21-79-47-26(25-14-28(33(16-27(25)55-47)77-78(73,74)75)51-34(61)9-8-12-58-37(64)10-11-38(58)65)15-29(42(67)49-19-36(63)56-40)53-46(71)41(23(4)7-2)57-44(69)32-13-24(60)20-59(32)48(72)30(54-43(31)68)17-39(66)76-5/h10-11,14,16,22-24,29-32,40-41,55,60H,6-9,12-13,15,17-21H2,1-5H3,(H,49,67)(H,50,70)(H,51,61)(H,52,62)(H,53,71)(H,54,68)(H,56,63)(H,57,69)(H2,73,74,75)/t22-,23-,24+,29-,30?,31-,32-,40-,41-/m0/s1. The number of thioether (sulfide) groups is 1. The highest BCUT2D eigenvalue weighted by Crippen LogP contribution is 2.44. The van der Waals surface area contributed by atoms with Gasteiger partial charge in [-0.1, -0.05) is 40.5 Å². The number of ether oxygens (including phenoxy) is 1. The van der Waals surface area contributed by atoms with E-state index in [1.807, 2.05) is 0 Å². The predicted molar refractivity (Wildman–Crippen MR) is 276 cm³/mol. The molecule has 430 valence electrons. The number of phosphoric ester groups is 1. The molecule has 9 atom stereocenters. The maximum absolute atomic E-state index is 14.7. The maximum Gasteiger partial charge on any atom is 0.524 e. The zero-order chi connectivity index (χ0) is 58.0. The third-order valence-electron chi connectivity index (χ3n) is 13.8. The number of phosphoric acid groups is 1. The molecule has 1 aromatic carbocycles. The summed E-state index contributed by atoms with van der Waals surface area (Å²) in [5, 5.41) is 31.3. The number of amides is 11. The van der Waals surface area contributed by atoms with Crippen LogP contribution in [0.4, 0.5) is 5.69 Å². The van der Waals surface area contributed by atoms with Crippen molar-refractivity contribution >= 4 is 107 Å². The van der Waals surface area contributed by atoms with Gasteiger partial charge in [0.15, 0.2) is 5.75 Å². The van der Waals surface area contributed by atoms with Gasteiger partial charge in [0, 0.05) is 61.7 Å². The minimum atomic E-state index is -5.40. The molecule has 0 aliphatic carbocycles. The number of aliphatic hydroxyl groups excluding tert-OH is 1. The molecule has 0 saturated carbocycles. The summed E-state index contributed by atoms with van der Waals surface area (Å²) in [7, 11) is -4.37. The van der Waals surface area contributed by atoms with Gasteiger partial charge in [0.2, 0.25) is 53.2 Å². The molecule has 1 saturated heterocycles. The highest BCUT2D eigenvalue weighted by Gasteiger charge is 2.44. The average Bonchev–Trinajstić information content (AvgIpc) is 4.10. The van der Waals surface area contributed by atoms with Crippen LogP contribution in [0.2, 0.25) is 0 Å². The van der Waals surface area contributed by atoms with Gasteiger partial charge in [-0.2, -0.15) is 0 Å². The number of hydrogen-bond acceptors (Lipinski definition) is 17. The summed E-state index contributed by atoms with van der Waals surface area (Å²) >= 11 is 0.803. The Morgan fingerprint density at radius 2 is 1.44 bits per heavy atom. The Hall–Kier alpha value is -7.40. The average molecular weight is 1150 g/mol. The number of aromatic amines is 1. The Labute approximate surface area is 455 Å². The van der Waals surface area contributed by atoms with Crippen molar-refractivity contribution in [3.8, 4) is 5.75 Å². The number of methoxy groups -OCH3 is 1. The number of fused-ring (bicyclic) bond motifs is 5. The quantitative estimate of drug-likeness (QED) is 0.0548. The van der Waals surface area contributed by atoms with Crippen LogP contribution in [0.5, 0.6) is 5.75 Å². The number of imide groups is 1. The molecule has 4 aliphatic heterocycles. The van der Waals surface area contributed by atoms with Gasteiger partial charge in [-0.3, -0.25) is 72.2 Å². The molecular weight excluding hydrogens is 1080 g/mol. The van der Waals surface area contributed by atoms with Gasteiger partial charge in [-0.05, 0) is 29.9 Å². The zero-order valence-electron chi connectivity index (χ0n) is 43.7. The molecule has 12 N–H and O–H groups in total. The second kappa shape index (κ2) is 26.5. The van der Waals surface area contributed by atoms with E-state index in [0.29, 0.717) is 6.42 Å². The van der Waals surface area contributed by atoms with Crippen molar-refractivity contribution in [2.24, 2.45) is 11.8 Å². The van der Waals surface area contributed by atoms with Crippen molar-refractivity contribution in [2.45, 2.75) is 120 Å². The Kier molecular flexibility index (Phi) is 20.4. The first-order valence-electron chi connectivity index (χ1n) is 25.3. The van der Waals surface area contributed by atoms with E-state index in [2.05, 4.69) is 47.5 Å². The number of hydrogen-bond donors (Lipinski definition) is 12. The molecule has 5 heterocycles. The van der Waals surface area contributed by atoms with Gasteiger partial charge < -0.3 is 66.8 Å². The lowest BCUT2D eigenvalue weighted by molar-refractivity contribution is -0.148. The number of rotatable bonds is 13. The first-order valence-corrected chi connectivity index (χ1v) is 27.8. The summed E-state index contributed by atoms with van der Waals surface area (Å²) < 4.78 is 22.2. The van der Waals surface area contributed by atoms with Crippen molar-refractivity contribution in [3.05, 3.63) is 29.8 Å². The number of nitrogens with zero attached hydrogens (tertiary/aromatic N) is 2. The van der Waals surface area contributed by atoms with E-state index < -0.39 is 177 Å². The monoisotopic (exact) mass is 1150 g/mol. The van der Waals surface area contributed by atoms with Crippen molar-refractivity contribution < 1.29 is 86.3 Å². The fourth-order valence-electron chi connectivity index (χ4n) is 9.09. The second-order valence-electron chi connectivity index (χ2n) is 19.4. The van der Waals surface area contributed by atoms with Crippen LogP contribution in [-0.4, -0.2) is 182 Å². The molecule has 6 rings (SSSR count). The molecule has 0 radical (unpaired) electrons. The molecule has 1 aromatic heterocycles. The van der Waals surface area contributed by atoms with Gasteiger partial charge in [0.05, 0.1) is 49.0 Å². The van der Waals surface area contributed by atoms with Crippen molar-refractivity contribution in [2.75, 3.05) is 44.4 Å². The smallest absolute Gasteiger partial charge is 0.469 e. The fourth-order valence-corrected chi connectivity index (χ4v) is 10.6. The number of benzene rings is 1. The van der Waals surface area contributed by atoms with E-state index >= 15 is 0 Å². The number of nitrogens with one attached hydrogen (secondary N) is 9. The van der Waals surface area contributed by atoms with E-state index in [-0.39, 0.29) is 59.4 Å². The summed E-state index contributed by atoms with van der Waals surface area (Å²) in [6.45, 7) is 4.57. The lowest BCUT2D eigenvalue weighted by Gasteiger charge is -2.32. The maximum atomic E-state index is 14.7. The fraction of sp³-hybridized carbons (Fsp3) is 0.542. The molecule has 0 spiro atoms. The molecule has 79 heavy (non-hydrogen) atoms. The highest BCUT2D eigenvalue weighted by molar-refractivity contribution is 7.99. The topological polar surface area (TPSA) is 420 Å². The predicted octanol–water partition coefficient (Wildman–Crippen LogP) is -2.78. The third kappa shape index (κ3) is 15.7. The van der Waals surface area contributed by atoms with E-state index in [0.717, 1.165) is 46.9 Å². The Morgan fingerprint density at radius 3 is 2.08 bits per heavy atom. The number of H-pyrrole nitrogens is 1. The van der Waals surface area contributed by atoms with Crippen LogP contribution in [0.1, 0.15) is 71.8 Å². The van der Waals surface area contributed by atoms with Gasteiger partial charge in [-0.15, -0.1) is 11.8 Å². The minimum absolute atomic E-state index is 0.0132. The molecule has 31 heteroatoms. The van der Waals surface area contributed by atoms with E-state index in [4.69, 9.17) is 9.26 Å².